The lowest BCUT2D eigenvalue weighted by atomic mass is 10.1. The Hall–Kier alpha value is -1.68. The number of hydrogen-bond donors (Lipinski definition) is 1. The summed E-state index contributed by atoms with van der Waals surface area (Å²) in [5.41, 5.74) is 0.632. The fourth-order valence-electron chi connectivity index (χ4n) is 1.23. The SMILES string of the molecule is COC(=O)C(C)NCC(=O)c1ccccc1. The van der Waals surface area contributed by atoms with Crippen LogP contribution in [-0.4, -0.2) is 31.4 Å². The number of hydrogen-bond acceptors (Lipinski definition) is 4. The minimum absolute atomic E-state index is 0.0450. The van der Waals surface area contributed by atoms with Gasteiger partial charge in [-0.25, -0.2) is 0 Å². The smallest absolute Gasteiger partial charge is 0.322 e. The molecular formula is C12H15NO3. The van der Waals surface area contributed by atoms with Gasteiger partial charge in [0, 0.05) is 5.56 Å². The van der Waals surface area contributed by atoms with Crippen molar-refractivity contribution in [1.29, 1.82) is 0 Å². The molecule has 1 unspecified atom stereocenters. The van der Waals surface area contributed by atoms with Crippen molar-refractivity contribution in [2.75, 3.05) is 13.7 Å². The van der Waals surface area contributed by atoms with Crippen molar-refractivity contribution in [2.24, 2.45) is 0 Å². The van der Waals surface area contributed by atoms with E-state index in [1.54, 1.807) is 31.2 Å². The first-order valence-electron chi connectivity index (χ1n) is 5.04. The molecule has 0 spiro atoms. The van der Waals surface area contributed by atoms with Gasteiger partial charge in [0.05, 0.1) is 13.7 Å². The number of methoxy groups -OCH3 is 1. The lowest BCUT2D eigenvalue weighted by Gasteiger charge is -2.10. The first kappa shape index (κ1) is 12.4. The molecule has 0 fully saturated rings. The highest BCUT2D eigenvalue weighted by molar-refractivity contribution is 5.97. The van der Waals surface area contributed by atoms with Gasteiger partial charge in [-0.15, -0.1) is 0 Å². The molecule has 1 rings (SSSR count). The molecule has 1 N–H and O–H groups in total. The molecular weight excluding hydrogens is 206 g/mol. The van der Waals surface area contributed by atoms with Gasteiger partial charge in [0.1, 0.15) is 6.04 Å². The van der Waals surface area contributed by atoms with Crippen molar-refractivity contribution in [3.8, 4) is 0 Å². The summed E-state index contributed by atoms with van der Waals surface area (Å²) in [6, 6.07) is 8.46. The van der Waals surface area contributed by atoms with E-state index >= 15 is 0 Å². The summed E-state index contributed by atoms with van der Waals surface area (Å²) in [5.74, 6) is -0.419. The third-order valence-electron chi connectivity index (χ3n) is 2.22. The van der Waals surface area contributed by atoms with Crippen LogP contribution in [0.15, 0.2) is 30.3 Å². The second kappa shape index (κ2) is 6.02. The van der Waals surface area contributed by atoms with Crippen molar-refractivity contribution in [3.05, 3.63) is 35.9 Å². The standard InChI is InChI=1S/C12H15NO3/c1-9(12(15)16-2)13-8-11(14)10-6-4-3-5-7-10/h3-7,9,13H,8H2,1-2H3. The van der Waals surface area contributed by atoms with Gasteiger partial charge >= 0.3 is 5.97 Å². The average Bonchev–Trinajstić information content (AvgIpc) is 2.35. The zero-order chi connectivity index (χ0) is 12.0. The van der Waals surface area contributed by atoms with Gasteiger partial charge in [-0.05, 0) is 6.92 Å². The highest BCUT2D eigenvalue weighted by Crippen LogP contribution is 1.99. The molecule has 0 radical (unpaired) electrons. The Morgan fingerprint density at radius 1 is 1.31 bits per heavy atom. The molecule has 1 aromatic rings. The molecule has 0 saturated carbocycles. The number of carbonyl (C=O) groups is 2. The molecule has 4 heteroatoms. The molecule has 0 aliphatic heterocycles. The monoisotopic (exact) mass is 221 g/mol. The summed E-state index contributed by atoms with van der Waals surface area (Å²) in [7, 11) is 1.32. The van der Waals surface area contributed by atoms with Gasteiger partial charge in [-0.3, -0.25) is 14.9 Å². The highest BCUT2D eigenvalue weighted by atomic mass is 16.5. The van der Waals surface area contributed by atoms with E-state index in [-0.39, 0.29) is 18.3 Å². The van der Waals surface area contributed by atoms with Crippen LogP contribution in [0.5, 0.6) is 0 Å². The largest absolute Gasteiger partial charge is 0.468 e. The molecule has 0 amide bonds. The maximum Gasteiger partial charge on any atom is 0.322 e. The number of carbonyl (C=O) groups excluding carboxylic acids is 2. The minimum Gasteiger partial charge on any atom is -0.468 e. The normalized spacial score (nSPS) is 11.9. The Morgan fingerprint density at radius 2 is 1.94 bits per heavy atom. The third-order valence-corrected chi connectivity index (χ3v) is 2.22. The van der Waals surface area contributed by atoms with E-state index in [4.69, 9.17) is 0 Å². The van der Waals surface area contributed by atoms with Crippen LogP contribution in [0.3, 0.4) is 0 Å². The summed E-state index contributed by atoms with van der Waals surface area (Å²) in [6.45, 7) is 1.78. The zero-order valence-electron chi connectivity index (χ0n) is 9.40. The summed E-state index contributed by atoms with van der Waals surface area (Å²) >= 11 is 0. The van der Waals surface area contributed by atoms with Gasteiger partial charge < -0.3 is 4.74 Å². The molecule has 1 atom stereocenters. The van der Waals surface area contributed by atoms with E-state index in [9.17, 15) is 9.59 Å². The van der Waals surface area contributed by atoms with E-state index in [1.165, 1.54) is 7.11 Å². The van der Waals surface area contributed by atoms with E-state index in [2.05, 4.69) is 10.1 Å². The summed E-state index contributed by atoms with van der Waals surface area (Å²) in [5, 5.41) is 2.81. The molecule has 0 aromatic heterocycles. The van der Waals surface area contributed by atoms with Crippen molar-refractivity contribution in [1.82, 2.24) is 5.32 Å². The van der Waals surface area contributed by atoms with Gasteiger partial charge in [0.15, 0.2) is 5.78 Å². The Balaban J connectivity index is 2.45. The summed E-state index contributed by atoms with van der Waals surface area (Å²) < 4.78 is 4.54. The molecule has 16 heavy (non-hydrogen) atoms. The second-order valence-electron chi connectivity index (χ2n) is 3.41. The lowest BCUT2D eigenvalue weighted by molar-refractivity contribution is -0.142. The minimum atomic E-state index is -0.474. The highest BCUT2D eigenvalue weighted by Gasteiger charge is 2.14. The number of esters is 1. The predicted octanol–water partition coefficient (Wildman–Crippen LogP) is 1.02. The molecule has 0 aliphatic carbocycles. The van der Waals surface area contributed by atoms with Crippen LogP contribution >= 0.6 is 0 Å². The number of benzene rings is 1. The number of nitrogens with one attached hydrogen (secondary N) is 1. The van der Waals surface area contributed by atoms with Gasteiger partial charge in [-0.2, -0.15) is 0 Å². The average molecular weight is 221 g/mol. The van der Waals surface area contributed by atoms with Crippen LogP contribution in [0.25, 0.3) is 0 Å². The van der Waals surface area contributed by atoms with E-state index in [1.807, 2.05) is 6.07 Å². The van der Waals surface area contributed by atoms with Gasteiger partial charge in [0.2, 0.25) is 0 Å². The van der Waals surface area contributed by atoms with E-state index in [0.29, 0.717) is 5.56 Å². The van der Waals surface area contributed by atoms with Crippen molar-refractivity contribution in [2.45, 2.75) is 13.0 Å². The Kier molecular flexibility index (Phi) is 4.66. The molecule has 4 nitrogen and oxygen atoms in total. The maximum atomic E-state index is 11.6. The summed E-state index contributed by atoms with van der Waals surface area (Å²) in [6.07, 6.45) is 0. The fourth-order valence-corrected chi connectivity index (χ4v) is 1.23. The Bertz CT molecular complexity index is 362. The lowest BCUT2D eigenvalue weighted by Crippen LogP contribution is -2.38. The fraction of sp³-hybridized carbons (Fsp3) is 0.333. The number of ether oxygens (including phenoxy) is 1. The molecule has 1 aromatic carbocycles. The molecule has 0 aliphatic rings. The van der Waals surface area contributed by atoms with Crippen LogP contribution in [0, 0.1) is 0 Å². The van der Waals surface area contributed by atoms with Crippen LogP contribution in [-0.2, 0) is 9.53 Å². The molecule has 0 heterocycles. The van der Waals surface area contributed by atoms with Crippen LogP contribution in [0.2, 0.25) is 0 Å². The van der Waals surface area contributed by atoms with Crippen molar-refractivity contribution >= 4 is 11.8 Å². The number of ketones is 1. The van der Waals surface area contributed by atoms with E-state index < -0.39 is 6.04 Å². The van der Waals surface area contributed by atoms with Gasteiger partial charge in [0.25, 0.3) is 0 Å². The maximum absolute atomic E-state index is 11.6. The quantitative estimate of drug-likeness (QED) is 0.595. The molecule has 0 bridgehead atoms. The summed E-state index contributed by atoms with van der Waals surface area (Å²) in [4.78, 5) is 22.7. The van der Waals surface area contributed by atoms with Gasteiger partial charge in [-0.1, -0.05) is 30.3 Å². The third kappa shape index (κ3) is 3.47. The molecule has 0 saturated heterocycles. The second-order valence-corrected chi connectivity index (χ2v) is 3.41. The number of Topliss-reactive ketones (excluding diaryl/α,β-unsaturated/α-hetero) is 1. The zero-order valence-corrected chi connectivity index (χ0v) is 9.40. The van der Waals surface area contributed by atoms with Crippen molar-refractivity contribution in [3.63, 3.8) is 0 Å². The van der Waals surface area contributed by atoms with Crippen LogP contribution in [0.1, 0.15) is 17.3 Å². The number of rotatable bonds is 5. The first-order valence-corrected chi connectivity index (χ1v) is 5.04. The Labute approximate surface area is 94.6 Å². The molecule has 86 valence electrons. The predicted molar refractivity (Wildman–Crippen MR) is 60.3 cm³/mol. The van der Waals surface area contributed by atoms with Crippen LogP contribution < -0.4 is 5.32 Å². The van der Waals surface area contributed by atoms with Crippen LogP contribution in [0.4, 0.5) is 0 Å². The topological polar surface area (TPSA) is 55.4 Å². The van der Waals surface area contributed by atoms with E-state index in [0.717, 1.165) is 0 Å². The van der Waals surface area contributed by atoms with Crippen molar-refractivity contribution < 1.29 is 14.3 Å². The first-order chi connectivity index (χ1) is 7.65. The Morgan fingerprint density at radius 3 is 2.50 bits per heavy atom.